The highest BCUT2D eigenvalue weighted by atomic mass is 16.5. The first kappa shape index (κ1) is 15.4. The number of hydrogen-bond donors (Lipinski definition) is 3. The summed E-state index contributed by atoms with van der Waals surface area (Å²) >= 11 is 0. The number of phenols is 3. The Morgan fingerprint density at radius 2 is 1.38 bits per heavy atom. The molecule has 3 rings (SSSR count). The van der Waals surface area contributed by atoms with Gasteiger partial charge >= 0.3 is 0 Å². The number of ether oxygens (including phenoxy) is 1. The van der Waals surface area contributed by atoms with Crippen LogP contribution in [-0.4, -0.2) is 21.5 Å². The normalized spacial score (nSPS) is 10.8. The molecule has 0 atom stereocenters. The number of para-hydroxylation sites is 1. The van der Waals surface area contributed by atoms with Gasteiger partial charge in [-0.3, -0.25) is 4.99 Å². The van der Waals surface area contributed by atoms with E-state index in [-0.39, 0.29) is 5.75 Å². The standard InChI is InChI=1S/C19H15NO4/c21-17-11-6-13(18(22)19(17)23)12-20-14-7-9-16(10-8-14)24-15-4-2-1-3-5-15/h1-12,21-23H. The summed E-state index contributed by atoms with van der Waals surface area (Å²) in [5.74, 6) is 0.0731. The topological polar surface area (TPSA) is 82.3 Å². The van der Waals surface area contributed by atoms with Gasteiger partial charge in [0, 0.05) is 11.8 Å². The van der Waals surface area contributed by atoms with Crippen molar-refractivity contribution in [1.29, 1.82) is 0 Å². The maximum absolute atomic E-state index is 9.74. The minimum absolute atomic E-state index is 0.301. The van der Waals surface area contributed by atoms with Gasteiger partial charge in [0.2, 0.25) is 5.75 Å². The molecule has 0 heterocycles. The molecule has 0 spiro atoms. The lowest BCUT2D eigenvalue weighted by molar-refractivity contribution is 0.367. The van der Waals surface area contributed by atoms with Gasteiger partial charge in [0.15, 0.2) is 11.5 Å². The van der Waals surface area contributed by atoms with Gasteiger partial charge in [0.05, 0.1) is 5.69 Å². The number of rotatable bonds is 4. The lowest BCUT2D eigenvalue weighted by Gasteiger charge is -2.05. The Labute approximate surface area is 138 Å². The van der Waals surface area contributed by atoms with Gasteiger partial charge in [-0.25, -0.2) is 0 Å². The summed E-state index contributed by atoms with van der Waals surface area (Å²) in [6, 6.07) is 19.3. The second-order valence-corrected chi connectivity index (χ2v) is 5.04. The number of aliphatic imine (C=N–C) groups is 1. The Hall–Kier alpha value is -3.47. The van der Waals surface area contributed by atoms with E-state index in [1.807, 2.05) is 30.3 Å². The maximum atomic E-state index is 9.74. The molecule has 120 valence electrons. The minimum Gasteiger partial charge on any atom is -0.504 e. The summed E-state index contributed by atoms with van der Waals surface area (Å²) in [5.41, 5.74) is 0.956. The van der Waals surface area contributed by atoms with Crippen LogP contribution in [-0.2, 0) is 0 Å². The molecule has 0 amide bonds. The summed E-state index contributed by atoms with van der Waals surface area (Å²) in [4.78, 5) is 4.22. The molecule has 0 saturated heterocycles. The molecule has 0 aliphatic carbocycles. The molecule has 0 bridgehead atoms. The second kappa shape index (κ2) is 6.75. The molecule has 0 unspecified atom stereocenters. The zero-order valence-corrected chi connectivity index (χ0v) is 12.6. The summed E-state index contributed by atoms with van der Waals surface area (Å²) in [6.45, 7) is 0. The van der Waals surface area contributed by atoms with Crippen LogP contribution in [0.2, 0.25) is 0 Å². The minimum atomic E-state index is -0.564. The molecule has 3 N–H and O–H groups in total. The van der Waals surface area contributed by atoms with E-state index in [9.17, 15) is 15.3 Å². The molecule has 0 aliphatic rings. The maximum Gasteiger partial charge on any atom is 0.200 e. The van der Waals surface area contributed by atoms with Crippen molar-refractivity contribution in [3.63, 3.8) is 0 Å². The average Bonchev–Trinajstić information content (AvgIpc) is 2.61. The molecule has 0 radical (unpaired) electrons. The third-order valence-electron chi connectivity index (χ3n) is 3.33. The van der Waals surface area contributed by atoms with E-state index in [0.717, 1.165) is 5.75 Å². The van der Waals surface area contributed by atoms with Gasteiger partial charge in [-0.15, -0.1) is 0 Å². The fourth-order valence-corrected chi connectivity index (χ4v) is 2.06. The first-order valence-corrected chi connectivity index (χ1v) is 7.24. The third kappa shape index (κ3) is 3.47. The highest BCUT2D eigenvalue weighted by Crippen LogP contribution is 2.36. The predicted octanol–water partition coefficient (Wildman–Crippen LogP) is 4.35. The second-order valence-electron chi connectivity index (χ2n) is 5.04. The molecule has 5 nitrogen and oxygen atoms in total. The average molecular weight is 321 g/mol. The van der Waals surface area contributed by atoms with E-state index < -0.39 is 11.5 Å². The van der Waals surface area contributed by atoms with Crippen molar-refractivity contribution in [1.82, 2.24) is 0 Å². The molecule has 0 saturated carbocycles. The zero-order chi connectivity index (χ0) is 16.9. The van der Waals surface area contributed by atoms with Crippen LogP contribution in [0.25, 0.3) is 0 Å². The number of nitrogens with zero attached hydrogens (tertiary/aromatic N) is 1. The molecule has 5 heteroatoms. The van der Waals surface area contributed by atoms with Crippen LogP contribution in [0.1, 0.15) is 5.56 Å². The van der Waals surface area contributed by atoms with E-state index in [1.165, 1.54) is 18.3 Å². The summed E-state index contributed by atoms with van der Waals surface area (Å²) in [7, 11) is 0. The quantitative estimate of drug-likeness (QED) is 0.493. The van der Waals surface area contributed by atoms with Crippen molar-refractivity contribution in [3.8, 4) is 28.7 Å². The van der Waals surface area contributed by atoms with Gasteiger partial charge in [-0.2, -0.15) is 0 Å². The largest absolute Gasteiger partial charge is 0.504 e. The van der Waals surface area contributed by atoms with Gasteiger partial charge < -0.3 is 20.1 Å². The smallest absolute Gasteiger partial charge is 0.200 e. The Morgan fingerprint density at radius 1 is 0.708 bits per heavy atom. The number of phenolic OH excluding ortho intramolecular Hbond substituents is 3. The fourth-order valence-electron chi connectivity index (χ4n) is 2.06. The molecule has 0 fully saturated rings. The summed E-state index contributed by atoms with van der Waals surface area (Å²) < 4.78 is 5.69. The van der Waals surface area contributed by atoms with Crippen LogP contribution in [0.15, 0.2) is 71.7 Å². The monoisotopic (exact) mass is 321 g/mol. The number of benzene rings is 3. The van der Waals surface area contributed by atoms with Crippen molar-refractivity contribution < 1.29 is 20.1 Å². The first-order valence-electron chi connectivity index (χ1n) is 7.24. The highest BCUT2D eigenvalue weighted by Gasteiger charge is 2.09. The van der Waals surface area contributed by atoms with Crippen LogP contribution in [0.3, 0.4) is 0 Å². The molecule has 0 aromatic heterocycles. The van der Waals surface area contributed by atoms with Crippen LogP contribution < -0.4 is 4.74 Å². The molecule has 3 aromatic carbocycles. The van der Waals surface area contributed by atoms with Gasteiger partial charge in [-0.1, -0.05) is 18.2 Å². The number of aromatic hydroxyl groups is 3. The van der Waals surface area contributed by atoms with Crippen LogP contribution in [0, 0.1) is 0 Å². The Kier molecular flexibility index (Phi) is 4.34. The van der Waals surface area contributed by atoms with Crippen LogP contribution >= 0.6 is 0 Å². The van der Waals surface area contributed by atoms with E-state index in [1.54, 1.807) is 24.3 Å². The van der Waals surface area contributed by atoms with Crippen molar-refractivity contribution in [2.24, 2.45) is 4.99 Å². The van der Waals surface area contributed by atoms with E-state index in [0.29, 0.717) is 17.0 Å². The Balaban J connectivity index is 1.73. The third-order valence-corrected chi connectivity index (χ3v) is 3.33. The lowest BCUT2D eigenvalue weighted by atomic mass is 10.2. The predicted molar refractivity (Wildman–Crippen MR) is 91.6 cm³/mol. The molecule has 0 aliphatic heterocycles. The molecule has 24 heavy (non-hydrogen) atoms. The highest BCUT2D eigenvalue weighted by molar-refractivity contribution is 5.87. The molecular weight excluding hydrogens is 306 g/mol. The molecular formula is C19H15NO4. The van der Waals surface area contributed by atoms with Crippen LogP contribution in [0.4, 0.5) is 5.69 Å². The fraction of sp³-hybridized carbons (Fsp3) is 0. The van der Waals surface area contributed by atoms with Crippen molar-refractivity contribution in [2.45, 2.75) is 0 Å². The zero-order valence-electron chi connectivity index (χ0n) is 12.6. The Morgan fingerprint density at radius 3 is 2.08 bits per heavy atom. The van der Waals surface area contributed by atoms with Crippen molar-refractivity contribution in [3.05, 3.63) is 72.3 Å². The summed E-state index contributed by atoms with van der Waals surface area (Å²) in [5, 5.41) is 28.5. The van der Waals surface area contributed by atoms with Gasteiger partial charge in [0.25, 0.3) is 0 Å². The van der Waals surface area contributed by atoms with E-state index in [4.69, 9.17) is 4.74 Å². The summed E-state index contributed by atoms with van der Waals surface area (Å²) in [6.07, 6.45) is 1.40. The Bertz CT molecular complexity index is 859. The molecule has 3 aromatic rings. The van der Waals surface area contributed by atoms with E-state index in [2.05, 4.69) is 4.99 Å². The number of hydrogen-bond acceptors (Lipinski definition) is 5. The van der Waals surface area contributed by atoms with Gasteiger partial charge in [0.1, 0.15) is 11.5 Å². The first-order chi connectivity index (χ1) is 11.6. The SMILES string of the molecule is Oc1ccc(C=Nc2ccc(Oc3ccccc3)cc2)c(O)c1O. The van der Waals surface area contributed by atoms with Gasteiger partial charge in [-0.05, 0) is 48.5 Å². The van der Waals surface area contributed by atoms with Crippen LogP contribution in [0.5, 0.6) is 28.7 Å². The van der Waals surface area contributed by atoms with Crippen molar-refractivity contribution >= 4 is 11.9 Å². The van der Waals surface area contributed by atoms with E-state index >= 15 is 0 Å². The van der Waals surface area contributed by atoms with Crippen molar-refractivity contribution in [2.75, 3.05) is 0 Å². The lowest BCUT2D eigenvalue weighted by Crippen LogP contribution is -1.84.